The third kappa shape index (κ3) is 28.3. The Labute approximate surface area is 219 Å². The summed E-state index contributed by atoms with van der Waals surface area (Å²) in [7, 11) is 4.31. The van der Waals surface area contributed by atoms with Crippen LogP contribution in [0, 0.1) is 5.92 Å². The van der Waals surface area contributed by atoms with Gasteiger partial charge in [-0.2, -0.15) is 0 Å². The summed E-state index contributed by atoms with van der Waals surface area (Å²) in [5, 5.41) is 0. The first-order valence-corrected chi connectivity index (χ1v) is 15.5. The highest BCUT2D eigenvalue weighted by Crippen LogP contribution is 2.33. The van der Waals surface area contributed by atoms with E-state index in [1.165, 1.54) is 89.9 Å². The maximum Gasteiger partial charge on any atom is 0.330 e. The van der Waals surface area contributed by atoms with E-state index in [4.69, 9.17) is 13.8 Å². The lowest BCUT2D eigenvalue weighted by Crippen LogP contribution is -2.37. The fourth-order valence-corrected chi connectivity index (χ4v) is 4.65. The lowest BCUT2D eigenvalue weighted by molar-refractivity contribution is -0.870. The van der Waals surface area contributed by atoms with Crippen LogP contribution in [-0.2, 0) is 18.6 Å². The molecule has 0 aromatic carbocycles. The minimum Gasteiger partial charge on any atom is -0.381 e. The van der Waals surface area contributed by atoms with Gasteiger partial charge in [-0.05, 0) is 13.3 Å². The van der Waals surface area contributed by atoms with E-state index in [0.717, 1.165) is 24.1 Å². The molecule has 0 aliphatic rings. The number of ether oxygens (including phenoxy) is 1. The third-order valence-electron chi connectivity index (χ3n) is 6.21. The van der Waals surface area contributed by atoms with Crippen LogP contribution in [0.5, 0.6) is 0 Å². The second-order valence-corrected chi connectivity index (χ2v) is 12.2. The predicted octanol–water partition coefficient (Wildman–Crippen LogP) is 7.43. The Bertz CT molecular complexity index is 473. The highest BCUT2D eigenvalue weighted by atomic mass is 31.2. The van der Waals surface area contributed by atoms with E-state index < -0.39 is 8.60 Å². The van der Waals surface area contributed by atoms with E-state index in [-0.39, 0.29) is 18.3 Å². The van der Waals surface area contributed by atoms with Crippen molar-refractivity contribution in [1.29, 1.82) is 0 Å². The summed E-state index contributed by atoms with van der Waals surface area (Å²) < 4.78 is 17.4. The molecule has 7 heteroatoms. The molecule has 0 radical (unpaired) electrons. The van der Waals surface area contributed by atoms with Crippen LogP contribution < -0.4 is 0 Å². The molecule has 0 aliphatic carbocycles. The van der Waals surface area contributed by atoms with E-state index in [2.05, 4.69) is 28.1 Å². The van der Waals surface area contributed by atoms with Crippen LogP contribution in [0.2, 0.25) is 0 Å². The molecular weight excluding hydrogens is 461 g/mol. The molecule has 0 spiro atoms. The molecule has 0 rings (SSSR count). The Morgan fingerprint density at radius 2 is 1.23 bits per heavy atom. The van der Waals surface area contributed by atoms with Crippen molar-refractivity contribution in [2.45, 2.75) is 117 Å². The largest absolute Gasteiger partial charge is 0.381 e. The highest BCUT2D eigenvalue weighted by Gasteiger charge is 2.17. The Hall–Kier alpha value is -0.100. The van der Waals surface area contributed by atoms with Gasteiger partial charge in [0.05, 0.1) is 34.4 Å². The first kappa shape index (κ1) is 34.9. The Morgan fingerprint density at radius 3 is 1.69 bits per heavy atom. The highest BCUT2D eigenvalue weighted by molar-refractivity contribution is 7.40. The van der Waals surface area contributed by atoms with Gasteiger partial charge in [-0.15, -0.1) is 0 Å². The normalized spacial score (nSPS) is 13.8. The molecule has 0 fully saturated rings. The molecule has 2 atom stereocenters. The van der Waals surface area contributed by atoms with Crippen LogP contribution >= 0.6 is 8.60 Å². The molecule has 0 heterocycles. The van der Waals surface area contributed by atoms with Gasteiger partial charge in [-0.3, -0.25) is 0 Å². The van der Waals surface area contributed by atoms with Crippen molar-refractivity contribution in [3.05, 3.63) is 0 Å². The Balaban J connectivity index is 3.61. The zero-order chi connectivity index (χ0) is 26.2. The second kappa shape index (κ2) is 24.2. The van der Waals surface area contributed by atoms with E-state index in [0.29, 0.717) is 19.6 Å². The van der Waals surface area contributed by atoms with Crippen LogP contribution in [0.3, 0.4) is 0 Å². The van der Waals surface area contributed by atoms with Crippen molar-refractivity contribution in [3.63, 3.8) is 0 Å². The van der Waals surface area contributed by atoms with Crippen LogP contribution in [0.1, 0.15) is 117 Å². The fourth-order valence-electron chi connectivity index (χ4n) is 4.00. The van der Waals surface area contributed by atoms with Gasteiger partial charge in [0.25, 0.3) is 0 Å². The molecule has 0 saturated carbocycles. The van der Waals surface area contributed by atoms with Gasteiger partial charge in [-0.1, -0.05) is 96.8 Å². The molecule has 1 N–H and O–H groups in total. The third-order valence-corrected chi connectivity index (χ3v) is 6.98. The minimum absolute atomic E-state index is 0.0389. The molecule has 6 nitrogen and oxygen atoms in total. The number of hydrogen-bond donors (Lipinski definition) is 1. The number of hydrogen-bond acceptors (Lipinski definition) is 5. The van der Waals surface area contributed by atoms with Crippen LogP contribution in [0.15, 0.2) is 0 Å². The minimum atomic E-state index is -1.91. The molecule has 0 aliphatic heterocycles. The Kier molecular flexibility index (Phi) is 24.2. The zero-order valence-electron chi connectivity index (χ0n) is 23.9. The molecule has 0 amide bonds. The standard InChI is InChI=1S/C28H59NO5P/c1-6-7-8-9-10-11-12-13-14-15-16-17-18-19-20-22-32-25-28(24-27(2)30)26-34-35(31)33-23-21-29(3,4)5/h28,31H,6-26H2,1-5H3/q+1. The van der Waals surface area contributed by atoms with Crippen LogP contribution in [-0.4, -0.2) is 69.3 Å². The van der Waals surface area contributed by atoms with Gasteiger partial charge in [0.1, 0.15) is 18.9 Å². The van der Waals surface area contributed by atoms with Crippen molar-refractivity contribution < 1.29 is 28.0 Å². The lowest BCUT2D eigenvalue weighted by atomic mass is 10.0. The Morgan fingerprint density at radius 1 is 0.743 bits per heavy atom. The fraction of sp³-hybridized carbons (Fsp3) is 0.964. The summed E-state index contributed by atoms with van der Waals surface area (Å²) in [6.45, 7) is 6.59. The maximum absolute atomic E-state index is 11.6. The zero-order valence-corrected chi connectivity index (χ0v) is 24.8. The maximum atomic E-state index is 11.6. The van der Waals surface area contributed by atoms with Crippen molar-refractivity contribution in [2.24, 2.45) is 5.92 Å². The number of Topliss-reactive ketones (excluding diaryl/α,β-unsaturated/α-hetero) is 1. The van der Waals surface area contributed by atoms with Crippen molar-refractivity contribution in [3.8, 4) is 0 Å². The molecule has 0 aromatic heterocycles. The summed E-state index contributed by atoms with van der Waals surface area (Å²) in [4.78, 5) is 21.5. The summed E-state index contributed by atoms with van der Waals surface area (Å²) >= 11 is 0. The molecule has 210 valence electrons. The van der Waals surface area contributed by atoms with Crippen molar-refractivity contribution in [2.75, 3.05) is 54.1 Å². The molecule has 0 bridgehead atoms. The lowest BCUT2D eigenvalue weighted by Gasteiger charge is -2.24. The van der Waals surface area contributed by atoms with E-state index in [1.807, 2.05) is 0 Å². The summed E-state index contributed by atoms with van der Waals surface area (Å²) in [5.74, 6) is 0.0744. The average molecular weight is 521 g/mol. The predicted molar refractivity (Wildman–Crippen MR) is 148 cm³/mol. The van der Waals surface area contributed by atoms with Crippen molar-refractivity contribution in [1.82, 2.24) is 0 Å². The van der Waals surface area contributed by atoms with Gasteiger partial charge >= 0.3 is 8.60 Å². The smallest absolute Gasteiger partial charge is 0.330 e. The van der Waals surface area contributed by atoms with E-state index in [9.17, 15) is 9.69 Å². The number of quaternary nitrogens is 1. The molecular formula is C28H59NO5P+. The van der Waals surface area contributed by atoms with Crippen molar-refractivity contribution >= 4 is 14.4 Å². The van der Waals surface area contributed by atoms with Crippen LogP contribution in [0.25, 0.3) is 0 Å². The number of likely N-dealkylation sites (N-methyl/N-ethyl adjacent to an activating group) is 1. The number of rotatable bonds is 27. The number of carbonyl (C=O) groups excluding carboxylic acids is 1. The summed E-state index contributed by atoms with van der Waals surface area (Å²) in [6.07, 6.45) is 20.7. The number of unbranched alkanes of at least 4 members (excludes halogenated alkanes) is 14. The van der Waals surface area contributed by atoms with E-state index in [1.54, 1.807) is 6.92 Å². The molecule has 0 saturated heterocycles. The topological polar surface area (TPSA) is 65.0 Å². The van der Waals surface area contributed by atoms with Gasteiger partial charge in [-0.25, -0.2) is 0 Å². The second-order valence-electron chi connectivity index (χ2n) is 11.2. The molecule has 0 aromatic rings. The SMILES string of the molecule is CCCCCCCCCCCCCCCCCOCC(COP(O)OCC[N+](C)(C)C)CC(C)=O. The average Bonchev–Trinajstić information content (AvgIpc) is 2.78. The number of nitrogens with zero attached hydrogens (tertiary/aromatic N) is 1. The number of ketones is 1. The van der Waals surface area contributed by atoms with Crippen LogP contribution in [0.4, 0.5) is 0 Å². The molecule has 2 unspecified atom stereocenters. The number of carbonyl (C=O) groups is 1. The first-order valence-electron chi connectivity index (χ1n) is 14.4. The molecule has 35 heavy (non-hydrogen) atoms. The van der Waals surface area contributed by atoms with E-state index >= 15 is 0 Å². The summed E-state index contributed by atoms with van der Waals surface area (Å²) in [5.41, 5.74) is 0. The summed E-state index contributed by atoms with van der Waals surface area (Å²) in [6, 6.07) is 0. The monoisotopic (exact) mass is 520 g/mol. The quantitative estimate of drug-likeness (QED) is 0.0693. The van der Waals surface area contributed by atoms with Gasteiger partial charge in [0.15, 0.2) is 0 Å². The first-order chi connectivity index (χ1) is 16.7. The van der Waals surface area contributed by atoms with Gasteiger partial charge < -0.3 is 28.0 Å². The van der Waals surface area contributed by atoms with Gasteiger partial charge in [0.2, 0.25) is 0 Å². The van der Waals surface area contributed by atoms with Gasteiger partial charge in [0, 0.05) is 18.9 Å².